The summed E-state index contributed by atoms with van der Waals surface area (Å²) in [5.41, 5.74) is 2.40. The first-order chi connectivity index (χ1) is 16.6. The molecule has 1 aliphatic rings. The molecule has 0 saturated carbocycles. The fraction of sp³-hybridized carbons (Fsp3) is 0.304. The summed E-state index contributed by atoms with van der Waals surface area (Å²) in [6.45, 7) is 6.10. The maximum absolute atomic E-state index is 5.73. The first-order valence-corrected chi connectivity index (χ1v) is 10.9. The lowest BCUT2D eigenvalue weighted by Crippen LogP contribution is -2.31. The van der Waals surface area contributed by atoms with Gasteiger partial charge in [0.25, 0.3) is 0 Å². The molecule has 1 aliphatic heterocycles. The van der Waals surface area contributed by atoms with Gasteiger partial charge in [-0.2, -0.15) is 5.10 Å². The van der Waals surface area contributed by atoms with Gasteiger partial charge in [-0.1, -0.05) is 6.07 Å². The Morgan fingerprint density at radius 1 is 1.03 bits per heavy atom. The van der Waals surface area contributed by atoms with Crippen LogP contribution >= 0.6 is 0 Å². The van der Waals surface area contributed by atoms with Gasteiger partial charge in [-0.05, 0) is 26.0 Å². The molecule has 2 N–H and O–H groups in total. The smallest absolute Gasteiger partial charge is 0.184 e. The molecule has 11 nitrogen and oxygen atoms in total. The van der Waals surface area contributed by atoms with Gasteiger partial charge in [-0.25, -0.2) is 24.9 Å². The molecule has 0 radical (unpaired) electrons. The van der Waals surface area contributed by atoms with E-state index in [2.05, 4.69) is 40.7 Å². The van der Waals surface area contributed by atoms with E-state index in [9.17, 15) is 0 Å². The van der Waals surface area contributed by atoms with E-state index in [-0.39, 0.29) is 0 Å². The Morgan fingerprint density at radius 2 is 1.85 bits per heavy atom. The number of anilines is 4. The lowest BCUT2D eigenvalue weighted by molar-refractivity contribution is -0.0408. The van der Waals surface area contributed by atoms with E-state index in [4.69, 9.17) is 9.47 Å². The standard InChI is InChI=1S/C23H25N9O2/c1-14-7-21(28-15(2)27-14)30-20-8-19(24-12-25-20)29-18-6-4-5-17(22(18)33-3)23-26-13-32(31-23)9-16-10-34-11-16/h4-8,12-13,16H,9-11H2,1-3H3,(H2,24,25,27,28,29,30). The second kappa shape index (κ2) is 9.40. The number of aromatic nitrogens is 7. The highest BCUT2D eigenvalue weighted by Gasteiger charge is 2.20. The van der Waals surface area contributed by atoms with Gasteiger partial charge in [0.2, 0.25) is 0 Å². The van der Waals surface area contributed by atoms with Crippen molar-refractivity contribution in [3.8, 4) is 17.1 Å². The minimum Gasteiger partial charge on any atom is -0.494 e. The maximum atomic E-state index is 5.73. The number of benzene rings is 1. The van der Waals surface area contributed by atoms with Crippen LogP contribution in [0.15, 0.2) is 43.0 Å². The SMILES string of the molecule is COc1c(Nc2cc(Nc3cc(C)nc(C)n3)ncn2)cccc1-c1ncn(CC2COC2)n1. The summed E-state index contributed by atoms with van der Waals surface area (Å²) in [6, 6.07) is 9.43. The van der Waals surface area contributed by atoms with E-state index >= 15 is 0 Å². The molecule has 0 atom stereocenters. The summed E-state index contributed by atoms with van der Waals surface area (Å²) in [7, 11) is 1.62. The average Bonchev–Trinajstić information content (AvgIpc) is 3.24. The second-order valence-electron chi connectivity index (χ2n) is 8.06. The van der Waals surface area contributed by atoms with Gasteiger partial charge in [-0.3, -0.25) is 4.68 Å². The van der Waals surface area contributed by atoms with Crippen molar-refractivity contribution in [2.45, 2.75) is 20.4 Å². The van der Waals surface area contributed by atoms with Gasteiger partial charge >= 0.3 is 0 Å². The van der Waals surface area contributed by atoms with Crippen molar-refractivity contribution >= 4 is 23.1 Å². The van der Waals surface area contributed by atoms with Gasteiger partial charge in [0.15, 0.2) is 11.6 Å². The van der Waals surface area contributed by atoms with Gasteiger partial charge in [0.1, 0.15) is 35.9 Å². The molecule has 4 aromatic rings. The van der Waals surface area contributed by atoms with Crippen LogP contribution < -0.4 is 15.4 Å². The van der Waals surface area contributed by atoms with Gasteiger partial charge in [0.05, 0.1) is 31.6 Å². The number of hydrogen-bond donors (Lipinski definition) is 2. The number of rotatable bonds is 8. The van der Waals surface area contributed by atoms with E-state index in [1.165, 1.54) is 6.33 Å². The number of hydrogen-bond acceptors (Lipinski definition) is 10. The normalized spacial score (nSPS) is 13.4. The molecule has 1 saturated heterocycles. The summed E-state index contributed by atoms with van der Waals surface area (Å²) < 4.78 is 12.8. The van der Waals surface area contributed by atoms with Crippen LogP contribution in [-0.2, 0) is 11.3 Å². The Morgan fingerprint density at radius 3 is 2.59 bits per heavy atom. The molecule has 0 bridgehead atoms. The fourth-order valence-corrected chi connectivity index (χ4v) is 3.74. The van der Waals surface area contributed by atoms with E-state index in [0.717, 1.165) is 36.7 Å². The van der Waals surface area contributed by atoms with E-state index in [0.29, 0.717) is 40.8 Å². The van der Waals surface area contributed by atoms with Crippen LogP contribution in [0.2, 0.25) is 0 Å². The van der Waals surface area contributed by atoms with Crippen LogP contribution in [0, 0.1) is 19.8 Å². The van der Waals surface area contributed by atoms with Crippen molar-refractivity contribution in [1.82, 2.24) is 34.7 Å². The van der Waals surface area contributed by atoms with Crippen molar-refractivity contribution in [2.75, 3.05) is 31.0 Å². The maximum Gasteiger partial charge on any atom is 0.184 e. The van der Waals surface area contributed by atoms with Crippen LogP contribution in [-0.4, -0.2) is 55.0 Å². The molecule has 5 rings (SSSR count). The molecule has 1 fully saturated rings. The fourth-order valence-electron chi connectivity index (χ4n) is 3.74. The third-order valence-corrected chi connectivity index (χ3v) is 5.30. The molecule has 1 aromatic carbocycles. The van der Waals surface area contributed by atoms with Crippen LogP contribution in [0.4, 0.5) is 23.1 Å². The van der Waals surface area contributed by atoms with Crippen molar-refractivity contribution < 1.29 is 9.47 Å². The topological polar surface area (TPSA) is 125 Å². The van der Waals surface area contributed by atoms with E-state index < -0.39 is 0 Å². The molecule has 34 heavy (non-hydrogen) atoms. The van der Waals surface area contributed by atoms with Crippen molar-refractivity contribution in [3.63, 3.8) is 0 Å². The molecule has 0 unspecified atom stereocenters. The predicted octanol–water partition coefficient (Wildman–Crippen LogP) is 3.28. The Bertz CT molecular complexity index is 1280. The third kappa shape index (κ3) is 4.79. The molecular weight excluding hydrogens is 434 g/mol. The van der Waals surface area contributed by atoms with E-state index in [1.807, 2.05) is 42.8 Å². The number of nitrogens with zero attached hydrogens (tertiary/aromatic N) is 7. The van der Waals surface area contributed by atoms with Crippen LogP contribution in [0.5, 0.6) is 5.75 Å². The number of nitrogens with one attached hydrogen (secondary N) is 2. The van der Waals surface area contributed by atoms with Crippen molar-refractivity contribution in [3.05, 3.63) is 54.5 Å². The molecule has 3 aromatic heterocycles. The van der Waals surface area contributed by atoms with Gasteiger partial charge < -0.3 is 20.1 Å². The number of aryl methyl sites for hydroxylation is 2. The zero-order chi connectivity index (χ0) is 23.5. The largest absolute Gasteiger partial charge is 0.494 e. The Balaban J connectivity index is 1.37. The number of ether oxygens (including phenoxy) is 2. The summed E-state index contributed by atoms with van der Waals surface area (Å²) in [5.74, 6) is 4.27. The highest BCUT2D eigenvalue weighted by molar-refractivity contribution is 5.77. The quantitative estimate of drug-likeness (QED) is 0.405. The molecule has 0 amide bonds. The van der Waals surface area contributed by atoms with Crippen LogP contribution in [0.1, 0.15) is 11.5 Å². The zero-order valence-electron chi connectivity index (χ0n) is 19.2. The summed E-state index contributed by atoms with van der Waals surface area (Å²) in [4.78, 5) is 21.8. The van der Waals surface area contributed by atoms with Crippen molar-refractivity contribution in [1.29, 1.82) is 0 Å². The Labute approximate surface area is 196 Å². The molecule has 174 valence electrons. The lowest BCUT2D eigenvalue weighted by atomic mass is 10.1. The van der Waals surface area contributed by atoms with Crippen LogP contribution in [0.25, 0.3) is 11.4 Å². The van der Waals surface area contributed by atoms with Crippen LogP contribution in [0.3, 0.4) is 0 Å². The second-order valence-corrected chi connectivity index (χ2v) is 8.06. The highest BCUT2D eigenvalue weighted by Crippen LogP contribution is 2.36. The third-order valence-electron chi connectivity index (χ3n) is 5.30. The van der Waals surface area contributed by atoms with E-state index in [1.54, 1.807) is 19.5 Å². The summed E-state index contributed by atoms with van der Waals surface area (Å²) in [5, 5.41) is 11.1. The number of methoxy groups -OCH3 is 1. The minimum absolute atomic E-state index is 0.486. The zero-order valence-corrected chi connectivity index (χ0v) is 19.2. The van der Waals surface area contributed by atoms with Crippen molar-refractivity contribution in [2.24, 2.45) is 5.92 Å². The minimum atomic E-state index is 0.486. The molecule has 0 aliphatic carbocycles. The summed E-state index contributed by atoms with van der Waals surface area (Å²) in [6.07, 6.45) is 3.22. The number of para-hydroxylation sites is 1. The first-order valence-electron chi connectivity index (χ1n) is 10.9. The molecule has 4 heterocycles. The Hall–Kier alpha value is -4.12. The Kier molecular flexibility index (Phi) is 6.00. The lowest BCUT2D eigenvalue weighted by Gasteiger charge is -2.25. The molecular formula is C23H25N9O2. The monoisotopic (exact) mass is 459 g/mol. The van der Waals surface area contributed by atoms with Gasteiger partial charge in [-0.15, -0.1) is 0 Å². The summed E-state index contributed by atoms with van der Waals surface area (Å²) >= 11 is 0. The molecule has 11 heteroatoms. The van der Waals surface area contributed by atoms with Gasteiger partial charge in [0, 0.05) is 30.3 Å². The highest BCUT2D eigenvalue weighted by atomic mass is 16.5. The predicted molar refractivity (Wildman–Crippen MR) is 126 cm³/mol. The average molecular weight is 460 g/mol. The molecule has 0 spiro atoms. The first kappa shape index (κ1) is 21.7.